The molecule has 0 saturated carbocycles. The van der Waals surface area contributed by atoms with Gasteiger partial charge in [-0.05, 0) is 18.2 Å². The summed E-state index contributed by atoms with van der Waals surface area (Å²) in [6.07, 6.45) is 0. The fourth-order valence-electron chi connectivity index (χ4n) is 1.95. The van der Waals surface area contributed by atoms with Crippen LogP contribution in [0.1, 0.15) is 32.0 Å². The largest absolute Gasteiger partial charge is 0.391 e. The highest BCUT2D eigenvalue weighted by molar-refractivity contribution is 6.30. The van der Waals surface area contributed by atoms with Gasteiger partial charge in [-0.15, -0.1) is 0 Å². The summed E-state index contributed by atoms with van der Waals surface area (Å²) in [5, 5.41) is 14.2. The third-order valence-electron chi connectivity index (χ3n) is 2.84. The predicted octanol–water partition coefficient (Wildman–Crippen LogP) is 3.45. The zero-order valence-electron chi connectivity index (χ0n) is 11.1. The van der Waals surface area contributed by atoms with Crippen molar-refractivity contribution in [3.8, 4) is 5.69 Å². The molecule has 2 rings (SSSR count). The first-order chi connectivity index (χ1) is 8.84. The van der Waals surface area contributed by atoms with Crippen molar-refractivity contribution in [2.24, 2.45) is 0 Å². The molecule has 0 spiro atoms. The van der Waals surface area contributed by atoms with Crippen LogP contribution in [0.4, 0.5) is 4.39 Å². The molecule has 1 aromatic heterocycles. The Hall–Kier alpha value is -1.39. The number of rotatable bonds is 2. The second kappa shape index (κ2) is 4.94. The van der Waals surface area contributed by atoms with E-state index >= 15 is 0 Å². The van der Waals surface area contributed by atoms with Crippen LogP contribution in [-0.2, 0) is 12.0 Å². The van der Waals surface area contributed by atoms with E-state index in [1.165, 1.54) is 16.8 Å². The van der Waals surface area contributed by atoms with Gasteiger partial charge in [0.2, 0.25) is 0 Å². The SMILES string of the molecule is CC(C)(C)c1nn(-c2cccc(F)c2)c(Cl)c1CO. The molecule has 3 nitrogen and oxygen atoms in total. The normalized spacial score (nSPS) is 11.9. The minimum Gasteiger partial charge on any atom is -0.391 e. The Kier molecular flexibility index (Phi) is 3.65. The second-order valence-corrected chi connectivity index (χ2v) is 5.78. The summed E-state index contributed by atoms with van der Waals surface area (Å²) in [4.78, 5) is 0. The standard InChI is InChI=1S/C14H16ClFN2O/c1-14(2,3)12-11(8-19)13(15)18(17-12)10-6-4-5-9(16)7-10/h4-7,19H,8H2,1-3H3. The van der Waals surface area contributed by atoms with Gasteiger partial charge in [0.15, 0.2) is 0 Å². The molecule has 5 heteroatoms. The van der Waals surface area contributed by atoms with Crippen molar-refractivity contribution < 1.29 is 9.50 Å². The third-order valence-corrected chi connectivity index (χ3v) is 3.23. The van der Waals surface area contributed by atoms with E-state index in [0.717, 1.165) is 0 Å². The number of halogens is 2. The molecule has 0 aliphatic rings. The van der Waals surface area contributed by atoms with Crippen molar-refractivity contribution in [3.63, 3.8) is 0 Å². The smallest absolute Gasteiger partial charge is 0.138 e. The number of nitrogens with zero attached hydrogens (tertiary/aromatic N) is 2. The van der Waals surface area contributed by atoms with Crippen molar-refractivity contribution in [1.29, 1.82) is 0 Å². The van der Waals surface area contributed by atoms with E-state index in [9.17, 15) is 9.50 Å². The molecule has 102 valence electrons. The van der Waals surface area contributed by atoms with Gasteiger partial charge in [-0.25, -0.2) is 9.07 Å². The molecule has 1 aromatic carbocycles. The molecule has 0 atom stereocenters. The van der Waals surface area contributed by atoms with Crippen LogP contribution < -0.4 is 0 Å². The summed E-state index contributed by atoms with van der Waals surface area (Å²) in [7, 11) is 0. The maximum atomic E-state index is 13.3. The molecule has 0 radical (unpaired) electrons. The zero-order chi connectivity index (χ0) is 14.2. The molecular weight excluding hydrogens is 267 g/mol. The highest BCUT2D eigenvalue weighted by Gasteiger charge is 2.26. The van der Waals surface area contributed by atoms with Crippen molar-refractivity contribution in [1.82, 2.24) is 9.78 Å². The van der Waals surface area contributed by atoms with E-state index in [4.69, 9.17) is 11.6 Å². The number of hydrogen-bond donors (Lipinski definition) is 1. The first kappa shape index (κ1) is 14.0. The lowest BCUT2D eigenvalue weighted by atomic mass is 9.90. The molecule has 0 aliphatic carbocycles. The minimum atomic E-state index is -0.355. The molecule has 2 aromatic rings. The van der Waals surface area contributed by atoms with Crippen LogP contribution in [0, 0.1) is 5.82 Å². The quantitative estimate of drug-likeness (QED) is 0.916. The van der Waals surface area contributed by atoms with Crippen LogP contribution in [-0.4, -0.2) is 14.9 Å². The Morgan fingerprint density at radius 2 is 2.05 bits per heavy atom. The first-order valence-electron chi connectivity index (χ1n) is 5.99. The lowest BCUT2D eigenvalue weighted by molar-refractivity contribution is 0.278. The van der Waals surface area contributed by atoms with Crippen LogP contribution >= 0.6 is 11.6 Å². The average Bonchev–Trinajstić information content (AvgIpc) is 2.66. The van der Waals surface area contributed by atoms with Gasteiger partial charge in [0.25, 0.3) is 0 Å². The Labute approximate surface area is 116 Å². The fraction of sp³-hybridized carbons (Fsp3) is 0.357. The topological polar surface area (TPSA) is 38.0 Å². The highest BCUT2D eigenvalue weighted by atomic mass is 35.5. The number of aliphatic hydroxyl groups is 1. The first-order valence-corrected chi connectivity index (χ1v) is 6.37. The fourth-order valence-corrected chi connectivity index (χ4v) is 2.24. The van der Waals surface area contributed by atoms with Gasteiger partial charge in [0.1, 0.15) is 11.0 Å². The molecule has 0 saturated heterocycles. The molecule has 0 fully saturated rings. The Morgan fingerprint density at radius 3 is 2.53 bits per heavy atom. The molecule has 0 aliphatic heterocycles. The highest BCUT2D eigenvalue weighted by Crippen LogP contribution is 2.31. The summed E-state index contributed by atoms with van der Waals surface area (Å²) in [6, 6.07) is 6.03. The molecular formula is C14H16ClFN2O. The van der Waals surface area contributed by atoms with E-state index in [2.05, 4.69) is 5.10 Å². The average molecular weight is 283 g/mol. The molecule has 0 bridgehead atoms. The van der Waals surface area contributed by atoms with E-state index in [1.807, 2.05) is 20.8 Å². The molecule has 1 N–H and O–H groups in total. The van der Waals surface area contributed by atoms with Crippen LogP contribution in [0.3, 0.4) is 0 Å². The second-order valence-electron chi connectivity index (χ2n) is 5.42. The van der Waals surface area contributed by atoms with E-state index in [1.54, 1.807) is 12.1 Å². The summed E-state index contributed by atoms with van der Waals surface area (Å²) in [5.41, 5.74) is 1.58. The summed E-state index contributed by atoms with van der Waals surface area (Å²) in [6.45, 7) is 5.77. The summed E-state index contributed by atoms with van der Waals surface area (Å²) < 4.78 is 14.7. The Bertz CT molecular complexity index is 602. The molecule has 0 amide bonds. The van der Waals surface area contributed by atoms with E-state index < -0.39 is 0 Å². The molecule has 0 unspecified atom stereocenters. The van der Waals surface area contributed by atoms with Gasteiger partial charge in [0, 0.05) is 11.0 Å². The number of hydrogen-bond acceptors (Lipinski definition) is 2. The monoisotopic (exact) mass is 282 g/mol. The zero-order valence-corrected chi connectivity index (χ0v) is 11.9. The van der Waals surface area contributed by atoms with Gasteiger partial charge in [0.05, 0.1) is 18.0 Å². The van der Waals surface area contributed by atoms with Crippen LogP contribution in [0.2, 0.25) is 5.15 Å². The van der Waals surface area contributed by atoms with Crippen LogP contribution in [0.25, 0.3) is 5.69 Å². The third kappa shape index (κ3) is 2.65. The van der Waals surface area contributed by atoms with Crippen molar-refractivity contribution >= 4 is 11.6 Å². The van der Waals surface area contributed by atoms with Gasteiger partial charge < -0.3 is 5.11 Å². The Balaban J connectivity index is 2.63. The summed E-state index contributed by atoms with van der Waals surface area (Å²) in [5.74, 6) is -0.355. The number of aromatic nitrogens is 2. The van der Waals surface area contributed by atoms with Crippen LogP contribution in [0.15, 0.2) is 24.3 Å². The van der Waals surface area contributed by atoms with Gasteiger partial charge in [-0.2, -0.15) is 5.10 Å². The maximum absolute atomic E-state index is 13.3. The van der Waals surface area contributed by atoms with Crippen LogP contribution in [0.5, 0.6) is 0 Å². The van der Waals surface area contributed by atoms with E-state index in [-0.39, 0.29) is 17.8 Å². The predicted molar refractivity (Wildman–Crippen MR) is 73.2 cm³/mol. The Morgan fingerprint density at radius 1 is 1.37 bits per heavy atom. The van der Waals surface area contributed by atoms with Gasteiger partial charge in [-0.1, -0.05) is 38.4 Å². The van der Waals surface area contributed by atoms with Crippen molar-refractivity contribution in [3.05, 3.63) is 46.5 Å². The van der Waals surface area contributed by atoms with E-state index in [0.29, 0.717) is 22.1 Å². The number of aliphatic hydroxyl groups excluding tert-OH is 1. The maximum Gasteiger partial charge on any atom is 0.138 e. The van der Waals surface area contributed by atoms with Crippen molar-refractivity contribution in [2.45, 2.75) is 32.8 Å². The summed E-state index contributed by atoms with van der Waals surface area (Å²) >= 11 is 6.24. The van der Waals surface area contributed by atoms with Gasteiger partial charge >= 0.3 is 0 Å². The molecule has 1 heterocycles. The van der Waals surface area contributed by atoms with Gasteiger partial charge in [-0.3, -0.25) is 0 Å². The minimum absolute atomic E-state index is 0.194. The lowest BCUT2D eigenvalue weighted by Gasteiger charge is -2.16. The van der Waals surface area contributed by atoms with Crippen molar-refractivity contribution in [2.75, 3.05) is 0 Å². The number of benzene rings is 1. The lowest BCUT2D eigenvalue weighted by Crippen LogP contribution is -2.15. The molecule has 19 heavy (non-hydrogen) atoms.